The van der Waals surface area contributed by atoms with E-state index in [9.17, 15) is 0 Å². The fraction of sp³-hybridized carbons (Fsp3) is 0.176. The molecular weight excluding hydrogens is 390 g/mol. The fourth-order valence-electron chi connectivity index (χ4n) is 2.62. The molecule has 3 heterocycles. The minimum atomic E-state index is -0.475. The van der Waals surface area contributed by atoms with Gasteiger partial charge in [0.05, 0.1) is 4.88 Å². The topological polar surface area (TPSA) is 69.6 Å². The molecule has 0 amide bonds. The van der Waals surface area contributed by atoms with Crippen LogP contribution >= 0.6 is 35.6 Å². The summed E-state index contributed by atoms with van der Waals surface area (Å²) in [5.41, 5.74) is 0.782. The maximum atomic E-state index is 6.03. The first-order chi connectivity index (χ1) is 12.7. The number of hydrogen-bond acceptors (Lipinski definition) is 7. The van der Waals surface area contributed by atoms with Gasteiger partial charge in [-0.05, 0) is 30.5 Å². The molecule has 6 nitrogen and oxygen atoms in total. The molecule has 4 aromatic rings. The molecule has 0 fully saturated rings. The van der Waals surface area contributed by atoms with Gasteiger partial charge in [-0.3, -0.25) is 0 Å². The van der Waals surface area contributed by atoms with Crippen molar-refractivity contribution in [3.63, 3.8) is 0 Å². The molecule has 9 heteroatoms. The highest BCUT2D eigenvalue weighted by Crippen LogP contribution is 2.31. The maximum absolute atomic E-state index is 6.03. The van der Waals surface area contributed by atoms with Gasteiger partial charge in [-0.25, -0.2) is 0 Å². The van der Waals surface area contributed by atoms with E-state index in [0.717, 1.165) is 16.3 Å². The highest BCUT2D eigenvalue weighted by molar-refractivity contribution is 7.80. The van der Waals surface area contributed by atoms with Crippen LogP contribution in [-0.2, 0) is 6.54 Å². The summed E-state index contributed by atoms with van der Waals surface area (Å²) in [6, 6.07) is 11.3. The van der Waals surface area contributed by atoms with Crippen molar-refractivity contribution >= 4 is 35.6 Å². The Bertz CT molecular complexity index is 1030. The van der Waals surface area contributed by atoms with Gasteiger partial charge < -0.3 is 9.09 Å². The Kier molecular flexibility index (Phi) is 4.80. The molecule has 0 aliphatic heterocycles. The van der Waals surface area contributed by atoms with Gasteiger partial charge in [-0.1, -0.05) is 35.0 Å². The standard InChI is InChI=1S/C17H14ClN5OS2/c1-2-23-15(12-7-4-8-26-12)20-21-16(23)13(25)17-19-14(22-24-17)10-5-3-6-11(18)9-10/h3-9,13,25H,2H2,1H3. The molecule has 26 heavy (non-hydrogen) atoms. The number of benzene rings is 1. The summed E-state index contributed by atoms with van der Waals surface area (Å²) in [5.74, 6) is 2.30. The van der Waals surface area contributed by atoms with E-state index in [-0.39, 0.29) is 0 Å². The van der Waals surface area contributed by atoms with Crippen LogP contribution in [0.3, 0.4) is 0 Å². The Morgan fingerprint density at radius 3 is 2.88 bits per heavy atom. The SMILES string of the molecule is CCn1c(-c2cccs2)nnc1C(S)c1nc(-c2cccc(Cl)c2)no1. The second-order valence-electron chi connectivity index (χ2n) is 5.47. The van der Waals surface area contributed by atoms with Crippen molar-refractivity contribution in [2.75, 3.05) is 0 Å². The van der Waals surface area contributed by atoms with E-state index in [1.165, 1.54) is 0 Å². The van der Waals surface area contributed by atoms with Gasteiger partial charge in [0, 0.05) is 17.1 Å². The lowest BCUT2D eigenvalue weighted by atomic mass is 10.2. The zero-order valence-electron chi connectivity index (χ0n) is 13.7. The lowest BCUT2D eigenvalue weighted by Gasteiger charge is -2.09. The molecule has 0 radical (unpaired) electrons. The van der Waals surface area contributed by atoms with Crippen molar-refractivity contribution < 1.29 is 4.52 Å². The minimum Gasteiger partial charge on any atom is -0.337 e. The molecule has 0 saturated heterocycles. The molecule has 0 spiro atoms. The number of hydrogen-bond donors (Lipinski definition) is 1. The molecule has 4 rings (SSSR count). The summed E-state index contributed by atoms with van der Waals surface area (Å²) >= 11 is 12.3. The third-order valence-electron chi connectivity index (χ3n) is 3.84. The average Bonchev–Trinajstić information content (AvgIpc) is 3.40. The van der Waals surface area contributed by atoms with Crippen molar-refractivity contribution in [2.45, 2.75) is 18.7 Å². The highest BCUT2D eigenvalue weighted by Gasteiger charge is 2.25. The molecule has 0 saturated carbocycles. The zero-order valence-corrected chi connectivity index (χ0v) is 16.2. The van der Waals surface area contributed by atoms with Crippen molar-refractivity contribution in [1.29, 1.82) is 0 Å². The van der Waals surface area contributed by atoms with Crippen molar-refractivity contribution in [3.8, 4) is 22.1 Å². The first-order valence-electron chi connectivity index (χ1n) is 7.92. The Balaban J connectivity index is 1.68. The fourth-order valence-corrected chi connectivity index (χ4v) is 3.82. The van der Waals surface area contributed by atoms with E-state index in [1.807, 2.05) is 41.1 Å². The molecule has 1 atom stereocenters. The molecule has 0 N–H and O–H groups in total. The molecule has 1 aromatic carbocycles. The number of rotatable bonds is 5. The van der Waals surface area contributed by atoms with Crippen LogP contribution in [0.5, 0.6) is 0 Å². The van der Waals surface area contributed by atoms with Gasteiger partial charge in [-0.2, -0.15) is 17.6 Å². The number of aromatic nitrogens is 5. The van der Waals surface area contributed by atoms with Crippen molar-refractivity contribution in [2.24, 2.45) is 0 Å². The van der Waals surface area contributed by atoms with Crippen LogP contribution in [-0.4, -0.2) is 24.9 Å². The summed E-state index contributed by atoms with van der Waals surface area (Å²) in [5, 5.41) is 14.8. The summed E-state index contributed by atoms with van der Waals surface area (Å²) in [7, 11) is 0. The Labute approximate surface area is 164 Å². The van der Waals surface area contributed by atoms with Crippen LogP contribution in [0.25, 0.3) is 22.1 Å². The van der Waals surface area contributed by atoms with Gasteiger partial charge in [-0.15, -0.1) is 21.5 Å². The van der Waals surface area contributed by atoms with Gasteiger partial charge in [0.1, 0.15) is 5.25 Å². The second-order valence-corrected chi connectivity index (χ2v) is 7.37. The molecular formula is C17H14ClN5OS2. The Morgan fingerprint density at radius 1 is 1.27 bits per heavy atom. The quantitative estimate of drug-likeness (QED) is 0.487. The van der Waals surface area contributed by atoms with Crippen LogP contribution in [0.15, 0.2) is 46.3 Å². The minimum absolute atomic E-state index is 0.364. The lowest BCUT2D eigenvalue weighted by molar-refractivity contribution is 0.381. The number of thiophene rings is 1. The average molecular weight is 404 g/mol. The normalized spacial score (nSPS) is 12.4. The van der Waals surface area contributed by atoms with Gasteiger partial charge in [0.25, 0.3) is 0 Å². The van der Waals surface area contributed by atoms with Gasteiger partial charge in [0.2, 0.25) is 11.7 Å². The van der Waals surface area contributed by atoms with Crippen molar-refractivity contribution in [3.05, 3.63) is 58.5 Å². The van der Waals surface area contributed by atoms with E-state index in [1.54, 1.807) is 23.5 Å². The van der Waals surface area contributed by atoms with Gasteiger partial charge in [0.15, 0.2) is 11.6 Å². The number of thiol groups is 1. The third kappa shape index (κ3) is 3.15. The molecule has 0 bridgehead atoms. The van der Waals surface area contributed by atoms with E-state index in [0.29, 0.717) is 29.1 Å². The molecule has 132 valence electrons. The smallest absolute Gasteiger partial charge is 0.247 e. The number of halogens is 1. The van der Waals surface area contributed by atoms with Crippen molar-refractivity contribution in [1.82, 2.24) is 24.9 Å². The summed E-state index contributed by atoms with van der Waals surface area (Å²) < 4.78 is 7.42. The molecule has 3 aromatic heterocycles. The van der Waals surface area contributed by atoms with Crippen LogP contribution in [0.1, 0.15) is 23.9 Å². The lowest BCUT2D eigenvalue weighted by Crippen LogP contribution is -2.07. The largest absolute Gasteiger partial charge is 0.337 e. The zero-order chi connectivity index (χ0) is 18.1. The second kappa shape index (κ2) is 7.22. The molecule has 0 aliphatic rings. The summed E-state index contributed by atoms with van der Waals surface area (Å²) in [6.07, 6.45) is 0. The summed E-state index contributed by atoms with van der Waals surface area (Å²) in [4.78, 5) is 5.51. The van der Waals surface area contributed by atoms with Crippen LogP contribution in [0.2, 0.25) is 5.02 Å². The molecule has 1 unspecified atom stereocenters. The third-order valence-corrected chi connectivity index (χ3v) is 5.39. The monoisotopic (exact) mass is 403 g/mol. The summed E-state index contributed by atoms with van der Waals surface area (Å²) in [6.45, 7) is 2.75. The predicted molar refractivity (Wildman–Crippen MR) is 105 cm³/mol. The number of nitrogens with zero attached hydrogens (tertiary/aromatic N) is 5. The van der Waals surface area contributed by atoms with Crippen LogP contribution < -0.4 is 0 Å². The Hall–Kier alpha value is -2.16. The maximum Gasteiger partial charge on any atom is 0.247 e. The van der Waals surface area contributed by atoms with E-state index in [4.69, 9.17) is 16.1 Å². The predicted octanol–water partition coefficient (Wildman–Crippen LogP) is 4.75. The van der Waals surface area contributed by atoms with Gasteiger partial charge >= 0.3 is 0 Å². The Morgan fingerprint density at radius 2 is 2.15 bits per heavy atom. The van der Waals surface area contributed by atoms with E-state index in [2.05, 4.69) is 33.0 Å². The first-order valence-corrected chi connectivity index (χ1v) is 9.69. The first kappa shape index (κ1) is 17.3. The van der Waals surface area contributed by atoms with E-state index >= 15 is 0 Å². The molecule has 0 aliphatic carbocycles. The van der Waals surface area contributed by atoms with E-state index < -0.39 is 5.25 Å². The van der Waals surface area contributed by atoms with Crippen LogP contribution in [0, 0.1) is 0 Å². The van der Waals surface area contributed by atoms with Crippen LogP contribution in [0.4, 0.5) is 0 Å². The highest BCUT2D eigenvalue weighted by atomic mass is 35.5.